The Hall–Kier alpha value is -1.65. The molecule has 0 aliphatic carbocycles. The van der Waals surface area contributed by atoms with E-state index in [2.05, 4.69) is 0 Å². The predicted octanol–water partition coefficient (Wildman–Crippen LogP) is 2.80. The normalized spacial score (nSPS) is 10.2. The highest BCUT2D eigenvalue weighted by Crippen LogP contribution is 2.13. The van der Waals surface area contributed by atoms with E-state index in [0.29, 0.717) is 5.56 Å². The van der Waals surface area contributed by atoms with Gasteiger partial charge >= 0.3 is 10.1 Å². The van der Waals surface area contributed by atoms with Gasteiger partial charge in [-0.25, -0.2) is 0 Å². The van der Waals surface area contributed by atoms with E-state index in [1.54, 1.807) is 19.1 Å². The van der Waals surface area contributed by atoms with E-state index in [-0.39, 0.29) is 4.90 Å². The molecule has 0 heterocycles. The van der Waals surface area contributed by atoms with Gasteiger partial charge in [-0.2, -0.15) is 8.42 Å². The van der Waals surface area contributed by atoms with Crippen molar-refractivity contribution in [2.45, 2.75) is 11.8 Å². The van der Waals surface area contributed by atoms with Crippen molar-refractivity contribution in [1.29, 1.82) is 0 Å². The Bertz CT molecular complexity index is 521. The van der Waals surface area contributed by atoms with E-state index in [4.69, 9.17) is 0 Å². The number of aryl methyl sites for hydroxylation is 1. The monoisotopic (exact) mass is 249 g/mol. The van der Waals surface area contributed by atoms with E-state index in [0.717, 1.165) is 0 Å². The number of hydrogen-bond donors (Lipinski definition) is 0. The number of rotatable bonds is 1. The van der Waals surface area contributed by atoms with Gasteiger partial charge in [0, 0.05) is 0 Å². The van der Waals surface area contributed by atoms with Gasteiger partial charge < -0.3 is 0 Å². The van der Waals surface area contributed by atoms with Crippen molar-refractivity contribution in [3.63, 3.8) is 0 Å². The smallest absolute Gasteiger partial charge is 0.192 e. The van der Waals surface area contributed by atoms with Crippen LogP contribution in [0.15, 0.2) is 65.6 Å². The quantitative estimate of drug-likeness (QED) is 0.780. The first-order valence-corrected chi connectivity index (χ1v) is 6.44. The van der Waals surface area contributed by atoms with Gasteiger partial charge in [0.1, 0.15) is 0 Å². The molecule has 0 N–H and O–H groups in total. The van der Waals surface area contributed by atoms with Crippen molar-refractivity contribution >= 4 is 10.1 Å². The Morgan fingerprint density at radius 2 is 1.18 bits per heavy atom. The molecule has 0 saturated carbocycles. The fraction of sp³-hybridized carbons (Fsp3) is 0.0769. The number of hydrogen-bond acceptors (Lipinski definition) is 2. The van der Waals surface area contributed by atoms with Crippen molar-refractivity contribution in [3.05, 3.63) is 66.2 Å². The minimum Gasteiger partial charge on any atom is -0.192 e. The summed E-state index contributed by atoms with van der Waals surface area (Å²) in [5.41, 5.74) is 0.488. The topological polar surface area (TPSA) is 54.0 Å². The van der Waals surface area contributed by atoms with E-state index >= 15 is 0 Å². The van der Waals surface area contributed by atoms with Crippen LogP contribution in [0.5, 0.6) is 0 Å². The molecule has 2 aromatic carbocycles. The Labute approximate surface area is 101 Å². The van der Waals surface area contributed by atoms with Crippen molar-refractivity contribution in [2.24, 2.45) is 0 Å². The van der Waals surface area contributed by atoms with E-state index in [1.807, 2.05) is 36.4 Å². The molecule has 1 radical (unpaired) electrons. The SMILES string of the molecule is Cc1ccccc1S([O])(=O)=O.c1ccccc1. The van der Waals surface area contributed by atoms with Crippen LogP contribution in [0.25, 0.3) is 0 Å². The van der Waals surface area contributed by atoms with Crippen LogP contribution in [-0.2, 0) is 14.7 Å². The zero-order valence-electron chi connectivity index (χ0n) is 9.41. The van der Waals surface area contributed by atoms with Crippen LogP contribution in [-0.4, -0.2) is 8.42 Å². The van der Waals surface area contributed by atoms with E-state index in [9.17, 15) is 13.0 Å². The van der Waals surface area contributed by atoms with Crippen molar-refractivity contribution < 1.29 is 13.0 Å². The average molecular weight is 249 g/mol. The fourth-order valence-corrected chi connectivity index (χ4v) is 1.93. The molecule has 0 fully saturated rings. The highest BCUT2D eigenvalue weighted by atomic mass is 32.2. The Morgan fingerprint density at radius 1 is 0.765 bits per heavy atom. The first-order chi connectivity index (χ1) is 8.02. The summed E-state index contributed by atoms with van der Waals surface area (Å²) in [6, 6.07) is 18.1. The molecule has 0 unspecified atom stereocenters. The zero-order chi connectivity index (χ0) is 12.7. The standard InChI is InChI=1S/C7H7O3S.C6H6/c1-6-4-2-3-5-7(6)11(8,9)10;1-2-4-6-5-3-1/h2-5H,1H3;1-6H. The minimum atomic E-state index is -4.28. The summed E-state index contributed by atoms with van der Waals surface area (Å²) in [5, 5.41) is 0. The Morgan fingerprint density at radius 3 is 1.47 bits per heavy atom. The Kier molecular flexibility index (Phi) is 4.87. The predicted molar refractivity (Wildman–Crippen MR) is 65.5 cm³/mol. The molecule has 0 bridgehead atoms. The fourth-order valence-electron chi connectivity index (χ4n) is 1.22. The third-order valence-electron chi connectivity index (χ3n) is 2.03. The van der Waals surface area contributed by atoms with Crippen LogP contribution in [0.4, 0.5) is 0 Å². The lowest BCUT2D eigenvalue weighted by Crippen LogP contribution is -1.97. The average Bonchev–Trinajstić information content (AvgIpc) is 2.31. The summed E-state index contributed by atoms with van der Waals surface area (Å²) in [6.07, 6.45) is 0. The lowest BCUT2D eigenvalue weighted by molar-refractivity contribution is 0.414. The molecule has 0 atom stereocenters. The lowest BCUT2D eigenvalue weighted by atomic mass is 10.2. The van der Waals surface area contributed by atoms with Crippen molar-refractivity contribution in [1.82, 2.24) is 0 Å². The third kappa shape index (κ3) is 4.80. The highest BCUT2D eigenvalue weighted by Gasteiger charge is 2.12. The van der Waals surface area contributed by atoms with Crippen LogP contribution < -0.4 is 0 Å². The first kappa shape index (κ1) is 13.4. The van der Waals surface area contributed by atoms with Gasteiger partial charge in [-0.3, -0.25) is 0 Å². The molecule has 3 nitrogen and oxygen atoms in total. The molecule has 2 aromatic rings. The van der Waals surface area contributed by atoms with Gasteiger partial charge in [0.05, 0.1) is 4.90 Å². The maximum atomic E-state index is 10.5. The molecular weight excluding hydrogens is 236 g/mol. The summed E-state index contributed by atoms with van der Waals surface area (Å²) in [6.45, 7) is 1.59. The summed E-state index contributed by atoms with van der Waals surface area (Å²) < 4.78 is 31.5. The largest absolute Gasteiger partial charge is 0.324 e. The molecule has 17 heavy (non-hydrogen) atoms. The summed E-state index contributed by atoms with van der Waals surface area (Å²) in [4.78, 5) is -0.139. The minimum absolute atomic E-state index is 0.139. The molecule has 0 aromatic heterocycles. The van der Waals surface area contributed by atoms with Crippen LogP contribution in [0, 0.1) is 6.92 Å². The van der Waals surface area contributed by atoms with Gasteiger partial charge in [0.2, 0.25) is 0 Å². The van der Waals surface area contributed by atoms with Gasteiger partial charge in [0.15, 0.2) is 0 Å². The molecule has 2 rings (SSSR count). The summed E-state index contributed by atoms with van der Waals surface area (Å²) >= 11 is 0. The summed E-state index contributed by atoms with van der Waals surface area (Å²) in [7, 11) is -4.28. The van der Waals surface area contributed by atoms with Crippen LogP contribution in [0.1, 0.15) is 5.56 Å². The van der Waals surface area contributed by atoms with Gasteiger partial charge in [0.25, 0.3) is 0 Å². The van der Waals surface area contributed by atoms with Crippen molar-refractivity contribution in [2.75, 3.05) is 0 Å². The maximum absolute atomic E-state index is 10.5. The summed E-state index contributed by atoms with van der Waals surface area (Å²) in [5.74, 6) is 0. The van der Waals surface area contributed by atoms with Crippen LogP contribution in [0.2, 0.25) is 0 Å². The molecule has 0 aliphatic rings. The van der Waals surface area contributed by atoms with Gasteiger partial charge in [-0.1, -0.05) is 59.2 Å². The molecule has 0 amide bonds. The molecular formula is C13H13O3S. The molecule has 0 aliphatic heterocycles. The second-order valence-corrected chi connectivity index (χ2v) is 4.72. The van der Waals surface area contributed by atoms with E-state index < -0.39 is 10.1 Å². The van der Waals surface area contributed by atoms with Crippen molar-refractivity contribution in [3.8, 4) is 0 Å². The van der Waals surface area contributed by atoms with Crippen LogP contribution >= 0.6 is 0 Å². The van der Waals surface area contributed by atoms with E-state index in [1.165, 1.54) is 12.1 Å². The van der Waals surface area contributed by atoms with Gasteiger partial charge in [-0.15, -0.1) is 0 Å². The second-order valence-electron chi connectivity index (χ2n) is 3.37. The van der Waals surface area contributed by atoms with Gasteiger partial charge in [-0.05, 0) is 18.6 Å². The number of benzene rings is 2. The zero-order valence-corrected chi connectivity index (χ0v) is 10.2. The maximum Gasteiger partial charge on any atom is 0.324 e. The molecule has 89 valence electrons. The van der Waals surface area contributed by atoms with Crippen LogP contribution in [0.3, 0.4) is 0 Å². The third-order valence-corrected chi connectivity index (χ3v) is 3.03. The second kappa shape index (κ2) is 6.18. The highest BCUT2D eigenvalue weighted by molar-refractivity contribution is 7.85. The Balaban J connectivity index is 0.000000202. The first-order valence-electron chi connectivity index (χ1n) is 5.03. The molecule has 4 heteroatoms. The lowest BCUT2D eigenvalue weighted by Gasteiger charge is -1.97. The molecule has 0 saturated heterocycles. The molecule has 0 spiro atoms.